The Bertz CT molecular complexity index is 1100. The van der Waals surface area contributed by atoms with Gasteiger partial charge in [-0.1, -0.05) is 23.2 Å². The Kier molecular flexibility index (Phi) is 8.95. The first-order valence-electron chi connectivity index (χ1n) is 12.0. The van der Waals surface area contributed by atoms with Crippen LogP contribution in [0.15, 0.2) is 36.4 Å². The molecule has 2 saturated heterocycles. The number of carbonyl (C=O) groups excluding carboxylic acids is 2. The van der Waals surface area contributed by atoms with Gasteiger partial charge in [-0.25, -0.2) is 0 Å². The number of hydrogen-bond acceptors (Lipinski definition) is 6. The lowest BCUT2D eigenvalue weighted by Gasteiger charge is -2.35. The average Bonchev–Trinajstić information content (AvgIpc) is 3.14. The minimum absolute atomic E-state index is 0.0230. The maximum atomic E-state index is 13.1. The lowest BCUT2D eigenvalue weighted by Crippen LogP contribution is -2.50. The second-order valence-electron chi connectivity index (χ2n) is 8.89. The van der Waals surface area contributed by atoms with Gasteiger partial charge in [0.2, 0.25) is 0 Å². The summed E-state index contributed by atoms with van der Waals surface area (Å²) in [6.07, 6.45) is 0.760. The molecule has 0 spiro atoms. The van der Waals surface area contributed by atoms with Crippen LogP contribution < -0.4 is 9.47 Å². The normalized spacial score (nSPS) is 19.1. The van der Waals surface area contributed by atoms with E-state index in [9.17, 15) is 9.59 Å². The smallest absolute Gasteiger partial charge is 0.254 e. The third-order valence-corrected chi connectivity index (χ3v) is 7.30. The standard InChI is InChI=1S/C26H31Cl2N3O5/c1-34-23-7-5-19(15-24(23)35-2)25(32)30-9-3-8-29(10-11-30)16-20-17-31(12-13-36-20)26(33)18-4-6-21(27)22(28)14-18/h4-7,14-15,20H,3,8-13,16-17H2,1-2H3. The molecule has 2 aliphatic rings. The van der Waals surface area contributed by atoms with E-state index in [1.165, 1.54) is 0 Å². The van der Waals surface area contributed by atoms with E-state index in [2.05, 4.69) is 4.90 Å². The molecule has 2 aliphatic heterocycles. The van der Waals surface area contributed by atoms with Crippen LogP contribution in [0.2, 0.25) is 10.0 Å². The predicted molar refractivity (Wildman–Crippen MR) is 139 cm³/mol. The summed E-state index contributed by atoms with van der Waals surface area (Å²) < 4.78 is 16.6. The number of methoxy groups -OCH3 is 2. The van der Waals surface area contributed by atoms with Crippen LogP contribution in [-0.2, 0) is 4.74 Å². The summed E-state index contributed by atoms with van der Waals surface area (Å²) >= 11 is 12.1. The van der Waals surface area contributed by atoms with E-state index in [4.69, 9.17) is 37.4 Å². The molecule has 0 aromatic heterocycles. The number of morpholine rings is 1. The highest BCUT2D eigenvalue weighted by Gasteiger charge is 2.28. The van der Waals surface area contributed by atoms with Crippen molar-refractivity contribution in [3.05, 3.63) is 57.6 Å². The van der Waals surface area contributed by atoms with Crippen molar-refractivity contribution in [1.82, 2.24) is 14.7 Å². The summed E-state index contributed by atoms with van der Waals surface area (Å²) in [7, 11) is 3.13. The monoisotopic (exact) mass is 535 g/mol. The van der Waals surface area contributed by atoms with Crippen LogP contribution in [-0.4, -0.2) is 99.3 Å². The predicted octanol–water partition coefficient (Wildman–Crippen LogP) is 3.70. The van der Waals surface area contributed by atoms with Crippen LogP contribution in [0.1, 0.15) is 27.1 Å². The summed E-state index contributed by atoms with van der Waals surface area (Å²) in [5.74, 6) is 1.03. The summed E-state index contributed by atoms with van der Waals surface area (Å²) in [5, 5.41) is 0.789. The van der Waals surface area contributed by atoms with Crippen LogP contribution in [0, 0.1) is 0 Å². The number of carbonyl (C=O) groups is 2. The Labute approximate surface area is 221 Å². The van der Waals surface area contributed by atoms with Gasteiger partial charge in [-0.2, -0.15) is 0 Å². The molecule has 1 unspecified atom stereocenters. The zero-order valence-electron chi connectivity index (χ0n) is 20.5. The van der Waals surface area contributed by atoms with Crippen LogP contribution >= 0.6 is 23.2 Å². The first kappa shape index (κ1) is 26.5. The van der Waals surface area contributed by atoms with Crippen LogP contribution in [0.5, 0.6) is 11.5 Å². The van der Waals surface area contributed by atoms with E-state index in [1.807, 2.05) is 4.90 Å². The van der Waals surface area contributed by atoms with Crippen molar-refractivity contribution >= 4 is 35.0 Å². The Morgan fingerprint density at radius 3 is 2.33 bits per heavy atom. The number of hydrogen-bond donors (Lipinski definition) is 0. The highest BCUT2D eigenvalue weighted by Crippen LogP contribution is 2.28. The van der Waals surface area contributed by atoms with Gasteiger partial charge < -0.3 is 24.0 Å². The first-order chi connectivity index (χ1) is 17.4. The number of rotatable bonds is 6. The van der Waals surface area contributed by atoms with E-state index in [1.54, 1.807) is 55.5 Å². The minimum Gasteiger partial charge on any atom is -0.493 e. The van der Waals surface area contributed by atoms with Crippen molar-refractivity contribution in [2.75, 3.05) is 66.6 Å². The molecule has 0 aliphatic carbocycles. The lowest BCUT2D eigenvalue weighted by molar-refractivity contribution is -0.0353. The maximum Gasteiger partial charge on any atom is 0.254 e. The zero-order valence-corrected chi connectivity index (χ0v) is 22.1. The Hall–Kier alpha value is -2.52. The summed E-state index contributed by atoms with van der Waals surface area (Å²) in [6.45, 7) is 5.10. The number of amides is 2. The van der Waals surface area contributed by atoms with Gasteiger partial charge >= 0.3 is 0 Å². The van der Waals surface area contributed by atoms with Crippen LogP contribution in [0.4, 0.5) is 0 Å². The van der Waals surface area contributed by atoms with E-state index < -0.39 is 0 Å². The van der Waals surface area contributed by atoms with E-state index in [0.717, 1.165) is 19.5 Å². The molecule has 36 heavy (non-hydrogen) atoms. The molecule has 0 bridgehead atoms. The number of nitrogens with zero attached hydrogens (tertiary/aromatic N) is 3. The topological polar surface area (TPSA) is 71.6 Å². The molecule has 1 atom stereocenters. The molecule has 2 heterocycles. The molecule has 0 N–H and O–H groups in total. The van der Waals surface area contributed by atoms with Gasteiger partial charge in [0.15, 0.2) is 11.5 Å². The van der Waals surface area contributed by atoms with Gasteiger partial charge in [-0.05, 0) is 49.4 Å². The molecular formula is C26H31Cl2N3O5. The third kappa shape index (κ3) is 6.24. The third-order valence-electron chi connectivity index (χ3n) is 6.56. The fourth-order valence-corrected chi connectivity index (χ4v) is 4.92. The van der Waals surface area contributed by atoms with Crippen molar-refractivity contribution in [1.29, 1.82) is 0 Å². The fraction of sp³-hybridized carbons (Fsp3) is 0.462. The quantitative estimate of drug-likeness (QED) is 0.561. The molecule has 2 amide bonds. The molecule has 8 nitrogen and oxygen atoms in total. The van der Waals surface area contributed by atoms with E-state index in [-0.39, 0.29) is 17.9 Å². The molecular weight excluding hydrogens is 505 g/mol. The fourth-order valence-electron chi connectivity index (χ4n) is 4.62. The van der Waals surface area contributed by atoms with Crippen molar-refractivity contribution in [2.45, 2.75) is 12.5 Å². The van der Waals surface area contributed by atoms with Crippen LogP contribution in [0.3, 0.4) is 0 Å². The maximum absolute atomic E-state index is 13.1. The summed E-state index contributed by atoms with van der Waals surface area (Å²) in [4.78, 5) is 32.1. The SMILES string of the molecule is COc1ccc(C(=O)N2CCCN(CC3CN(C(=O)c4ccc(Cl)c(Cl)c4)CCO3)CC2)cc1OC. The Morgan fingerprint density at radius 2 is 1.58 bits per heavy atom. The second-order valence-corrected chi connectivity index (χ2v) is 9.70. The molecule has 0 radical (unpaired) electrons. The van der Waals surface area contributed by atoms with Gasteiger partial charge in [0.25, 0.3) is 11.8 Å². The van der Waals surface area contributed by atoms with Crippen molar-refractivity contribution in [3.63, 3.8) is 0 Å². The van der Waals surface area contributed by atoms with Crippen LogP contribution in [0.25, 0.3) is 0 Å². The zero-order chi connectivity index (χ0) is 25.7. The number of ether oxygens (including phenoxy) is 3. The van der Waals surface area contributed by atoms with Gasteiger partial charge in [-0.3, -0.25) is 14.5 Å². The highest BCUT2D eigenvalue weighted by molar-refractivity contribution is 6.42. The van der Waals surface area contributed by atoms with Gasteiger partial charge in [0.1, 0.15) is 0 Å². The highest BCUT2D eigenvalue weighted by atomic mass is 35.5. The molecule has 4 rings (SSSR count). The first-order valence-corrected chi connectivity index (χ1v) is 12.7. The number of benzene rings is 2. The summed E-state index contributed by atoms with van der Waals surface area (Å²) in [5.41, 5.74) is 1.09. The van der Waals surface area contributed by atoms with Gasteiger partial charge in [-0.15, -0.1) is 0 Å². The molecule has 2 fully saturated rings. The molecule has 0 saturated carbocycles. The van der Waals surface area contributed by atoms with Crippen molar-refractivity contribution in [3.8, 4) is 11.5 Å². The molecule has 194 valence electrons. The second kappa shape index (κ2) is 12.1. The van der Waals surface area contributed by atoms with Crippen molar-refractivity contribution in [2.24, 2.45) is 0 Å². The molecule has 2 aromatic rings. The largest absolute Gasteiger partial charge is 0.493 e. The van der Waals surface area contributed by atoms with Gasteiger partial charge in [0, 0.05) is 50.4 Å². The van der Waals surface area contributed by atoms with E-state index in [0.29, 0.717) is 72.0 Å². The Balaban J connectivity index is 1.32. The Morgan fingerprint density at radius 1 is 0.861 bits per heavy atom. The molecule has 10 heteroatoms. The summed E-state index contributed by atoms with van der Waals surface area (Å²) in [6, 6.07) is 10.2. The van der Waals surface area contributed by atoms with E-state index >= 15 is 0 Å². The average molecular weight is 536 g/mol. The van der Waals surface area contributed by atoms with Crippen molar-refractivity contribution < 1.29 is 23.8 Å². The van der Waals surface area contributed by atoms with Gasteiger partial charge in [0.05, 0.1) is 37.0 Å². The molecule has 2 aromatic carbocycles. The number of halogens is 2. The minimum atomic E-state index is -0.0985. The lowest BCUT2D eigenvalue weighted by atomic mass is 10.1.